The number of nitrogens with two attached hydrogens (primary N) is 1. The maximum Gasteiger partial charge on any atom is 0.225 e. The van der Waals surface area contributed by atoms with Gasteiger partial charge in [-0.25, -0.2) is 0 Å². The van der Waals surface area contributed by atoms with E-state index in [9.17, 15) is 9.90 Å². The van der Waals surface area contributed by atoms with E-state index < -0.39 is 0 Å². The number of carbonyl (C=O) groups is 1. The van der Waals surface area contributed by atoms with Crippen molar-refractivity contribution in [1.82, 2.24) is 5.32 Å². The number of aromatic hydroxyl groups is 1. The van der Waals surface area contributed by atoms with Gasteiger partial charge >= 0.3 is 0 Å². The van der Waals surface area contributed by atoms with Crippen LogP contribution < -0.4 is 11.1 Å². The molecule has 3 rings (SSSR count). The summed E-state index contributed by atoms with van der Waals surface area (Å²) in [4.78, 5) is 12.3. The lowest BCUT2D eigenvalue weighted by atomic mass is 9.84. The van der Waals surface area contributed by atoms with Crippen molar-refractivity contribution in [3.8, 4) is 5.75 Å². The van der Waals surface area contributed by atoms with Crippen molar-refractivity contribution < 1.29 is 9.90 Å². The second-order valence-electron chi connectivity index (χ2n) is 5.78. The molecule has 0 saturated heterocycles. The van der Waals surface area contributed by atoms with Crippen LogP contribution in [0.4, 0.5) is 0 Å². The van der Waals surface area contributed by atoms with Crippen LogP contribution in [0.5, 0.6) is 5.75 Å². The highest BCUT2D eigenvalue weighted by Gasteiger charge is 2.48. The predicted octanol–water partition coefficient (Wildman–Crippen LogP) is 1.38. The van der Waals surface area contributed by atoms with Gasteiger partial charge in [-0.3, -0.25) is 4.79 Å². The molecule has 4 nitrogen and oxygen atoms in total. The Morgan fingerprint density at radius 2 is 2.05 bits per heavy atom. The summed E-state index contributed by atoms with van der Waals surface area (Å²) in [5.41, 5.74) is 6.90. The Balaban J connectivity index is 1.62. The maximum absolute atomic E-state index is 12.3. The Morgan fingerprint density at radius 1 is 1.32 bits per heavy atom. The molecule has 19 heavy (non-hydrogen) atoms. The number of amides is 1. The van der Waals surface area contributed by atoms with Crippen LogP contribution in [0.1, 0.15) is 24.8 Å². The topological polar surface area (TPSA) is 75.4 Å². The van der Waals surface area contributed by atoms with Crippen molar-refractivity contribution in [1.29, 1.82) is 0 Å². The van der Waals surface area contributed by atoms with Crippen LogP contribution in [0, 0.1) is 17.8 Å². The summed E-state index contributed by atoms with van der Waals surface area (Å²) < 4.78 is 0. The van der Waals surface area contributed by atoms with E-state index in [1.54, 1.807) is 12.1 Å². The molecule has 2 aliphatic rings. The number of nitrogens with one attached hydrogen (secondary N) is 1. The second kappa shape index (κ2) is 4.85. The molecule has 4 heteroatoms. The Hall–Kier alpha value is -1.55. The average Bonchev–Trinajstić information content (AvgIpc) is 2.98. The molecule has 1 aromatic rings. The molecule has 0 aromatic heterocycles. The standard InChI is InChI=1S/C15H20N2O2/c16-14-10-6-5-9(7-10)13(14)15(19)17-8-11-3-1-2-4-12(11)18/h1-4,9-10,13-14,18H,5-8,16H2,(H,17,19). The molecule has 2 fully saturated rings. The van der Waals surface area contributed by atoms with Crippen molar-refractivity contribution >= 4 is 5.91 Å². The minimum Gasteiger partial charge on any atom is -0.508 e. The second-order valence-corrected chi connectivity index (χ2v) is 5.78. The Bertz CT molecular complexity index is 487. The number of benzene rings is 1. The Morgan fingerprint density at radius 3 is 2.74 bits per heavy atom. The number of phenols is 1. The van der Waals surface area contributed by atoms with E-state index in [1.807, 2.05) is 12.1 Å². The smallest absolute Gasteiger partial charge is 0.225 e. The van der Waals surface area contributed by atoms with E-state index in [1.165, 1.54) is 6.42 Å². The summed E-state index contributed by atoms with van der Waals surface area (Å²) in [6.45, 7) is 0.367. The van der Waals surface area contributed by atoms with Gasteiger partial charge in [0.25, 0.3) is 0 Å². The molecule has 102 valence electrons. The van der Waals surface area contributed by atoms with Gasteiger partial charge in [-0.15, -0.1) is 0 Å². The number of phenolic OH excluding ortho intramolecular Hbond substituents is 1. The summed E-state index contributed by atoms with van der Waals surface area (Å²) >= 11 is 0. The van der Waals surface area contributed by atoms with E-state index in [0.29, 0.717) is 18.4 Å². The van der Waals surface area contributed by atoms with Gasteiger partial charge in [-0.1, -0.05) is 18.2 Å². The quantitative estimate of drug-likeness (QED) is 0.768. The van der Waals surface area contributed by atoms with Gasteiger partial charge in [-0.2, -0.15) is 0 Å². The van der Waals surface area contributed by atoms with E-state index >= 15 is 0 Å². The zero-order chi connectivity index (χ0) is 13.4. The van der Waals surface area contributed by atoms with E-state index in [-0.39, 0.29) is 23.6 Å². The molecule has 0 radical (unpaired) electrons. The fraction of sp³-hybridized carbons (Fsp3) is 0.533. The van der Waals surface area contributed by atoms with Gasteiger partial charge in [0.15, 0.2) is 0 Å². The predicted molar refractivity (Wildman–Crippen MR) is 72.2 cm³/mol. The molecule has 4 N–H and O–H groups in total. The number of hydrogen-bond donors (Lipinski definition) is 3. The zero-order valence-electron chi connectivity index (χ0n) is 10.9. The van der Waals surface area contributed by atoms with Crippen LogP contribution in [-0.4, -0.2) is 17.1 Å². The summed E-state index contributed by atoms with van der Waals surface area (Å²) in [5.74, 6) is 1.22. The molecule has 0 heterocycles. The molecule has 1 amide bonds. The summed E-state index contributed by atoms with van der Waals surface area (Å²) in [5, 5.41) is 12.6. The number of carbonyl (C=O) groups excluding carboxylic acids is 1. The molecule has 2 aliphatic carbocycles. The average molecular weight is 260 g/mol. The van der Waals surface area contributed by atoms with E-state index in [4.69, 9.17) is 5.73 Å². The van der Waals surface area contributed by atoms with Crippen LogP contribution in [0.25, 0.3) is 0 Å². The molecule has 0 spiro atoms. The molecule has 4 atom stereocenters. The third-order valence-electron chi connectivity index (χ3n) is 4.73. The number of hydrogen-bond acceptors (Lipinski definition) is 3. The lowest BCUT2D eigenvalue weighted by molar-refractivity contribution is -0.127. The van der Waals surface area contributed by atoms with Gasteiger partial charge in [0.1, 0.15) is 5.75 Å². The minimum absolute atomic E-state index is 0.0168. The highest BCUT2D eigenvalue weighted by Crippen LogP contribution is 2.47. The fourth-order valence-electron chi connectivity index (χ4n) is 3.69. The highest BCUT2D eigenvalue weighted by atomic mass is 16.3. The lowest BCUT2D eigenvalue weighted by Gasteiger charge is -2.27. The first kappa shape index (κ1) is 12.5. The third-order valence-corrected chi connectivity index (χ3v) is 4.73. The largest absolute Gasteiger partial charge is 0.508 e. The van der Waals surface area contributed by atoms with Gasteiger partial charge in [0.05, 0.1) is 5.92 Å². The van der Waals surface area contributed by atoms with Crippen LogP contribution in [0.15, 0.2) is 24.3 Å². The van der Waals surface area contributed by atoms with Crippen LogP contribution in [-0.2, 0) is 11.3 Å². The van der Waals surface area contributed by atoms with Crippen LogP contribution in [0.3, 0.4) is 0 Å². The van der Waals surface area contributed by atoms with Crippen molar-refractivity contribution in [2.24, 2.45) is 23.5 Å². The molecule has 1 aromatic carbocycles. The van der Waals surface area contributed by atoms with Gasteiger partial charge in [0.2, 0.25) is 5.91 Å². The zero-order valence-corrected chi connectivity index (χ0v) is 10.9. The summed E-state index contributed by atoms with van der Waals surface area (Å²) in [6.07, 6.45) is 3.41. The van der Waals surface area contributed by atoms with Crippen molar-refractivity contribution in [3.63, 3.8) is 0 Å². The molecule has 2 saturated carbocycles. The first-order valence-electron chi connectivity index (χ1n) is 6.97. The summed E-state index contributed by atoms with van der Waals surface area (Å²) in [7, 11) is 0. The third kappa shape index (κ3) is 2.21. The highest BCUT2D eigenvalue weighted by molar-refractivity contribution is 5.80. The Labute approximate surface area is 113 Å². The van der Waals surface area contributed by atoms with Crippen molar-refractivity contribution in [2.45, 2.75) is 31.8 Å². The van der Waals surface area contributed by atoms with Gasteiger partial charge < -0.3 is 16.2 Å². The van der Waals surface area contributed by atoms with Gasteiger partial charge in [0, 0.05) is 18.2 Å². The first-order valence-corrected chi connectivity index (χ1v) is 6.97. The SMILES string of the molecule is NC1C2CCC(C2)C1C(=O)NCc1ccccc1O. The number of rotatable bonds is 3. The number of fused-ring (bicyclic) bond motifs is 2. The molecule has 0 aliphatic heterocycles. The normalized spacial score (nSPS) is 32.5. The molecule has 4 unspecified atom stereocenters. The molecular weight excluding hydrogens is 240 g/mol. The van der Waals surface area contributed by atoms with Crippen molar-refractivity contribution in [3.05, 3.63) is 29.8 Å². The Kier molecular flexibility index (Phi) is 3.19. The number of para-hydroxylation sites is 1. The molecular formula is C15H20N2O2. The van der Waals surface area contributed by atoms with Crippen LogP contribution >= 0.6 is 0 Å². The molecule has 2 bridgehead atoms. The minimum atomic E-state index is -0.0374. The van der Waals surface area contributed by atoms with E-state index in [0.717, 1.165) is 18.4 Å². The lowest BCUT2D eigenvalue weighted by Crippen LogP contribution is -2.45. The monoisotopic (exact) mass is 260 g/mol. The van der Waals surface area contributed by atoms with Crippen molar-refractivity contribution in [2.75, 3.05) is 0 Å². The van der Waals surface area contributed by atoms with Crippen LogP contribution in [0.2, 0.25) is 0 Å². The fourth-order valence-corrected chi connectivity index (χ4v) is 3.69. The van der Waals surface area contributed by atoms with E-state index in [2.05, 4.69) is 5.32 Å². The first-order chi connectivity index (χ1) is 9.16. The maximum atomic E-state index is 12.3. The van der Waals surface area contributed by atoms with Gasteiger partial charge in [-0.05, 0) is 37.2 Å². The summed E-state index contributed by atoms with van der Waals surface area (Å²) in [6, 6.07) is 7.08.